The van der Waals surface area contributed by atoms with Crippen molar-refractivity contribution in [3.8, 4) is 0 Å². The first kappa shape index (κ1) is 9.77. The summed E-state index contributed by atoms with van der Waals surface area (Å²) < 4.78 is 5.82. The van der Waals surface area contributed by atoms with E-state index in [2.05, 4.69) is 15.9 Å². The van der Waals surface area contributed by atoms with Crippen molar-refractivity contribution < 1.29 is 9.52 Å². The number of aliphatic hydroxyl groups is 1. The van der Waals surface area contributed by atoms with Crippen LogP contribution < -0.4 is 5.73 Å². The first-order valence-electron chi connectivity index (χ1n) is 3.63. The van der Waals surface area contributed by atoms with Gasteiger partial charge in [0, 0.05) is 5.54 Å². The monoisotopic (exact) mass is 233 g/mol. The molecule has 0 aliphatic carbocycles. The number of aliphatic hydroxyl groups excluding tert-OH is 1. The van der Waals surface area contributed by atoms with Crippen LogP contribution in [0.2, 0.25) is 0 Å². The van der Waals surface area contributed by atoms with Gasteiger partial charge in [0.2, 0.25) is 0 Å². The van der Waals surface area contributed by atoms with Gasteiger partial charge in [-0.2, -0.15) is 0 Å². The molecule has 0 radical (unpaired) electrons. The second-order valence-electron chi connectivity index (χ2n) is 3.36. The Morgan fingerprint density at radius 1 is 1.67 bits per heavy atom. The zero-order valence-electron chi connectivity index (χ0n) is 7.04. The number of hydrogen-bond donors (Lipinski definition) is 2. The van der Waals surface area contributed by atoms with E-state index in [1.807, 2.05) is 0 Å². The molecule has 0 aliphatic heterocycles. The number of hydrogen-bond acceptors (Lipinski definition) is 3. The zero-order chi connectivity index (χ0) is 9.35. The third-order valence-electron chi connectivity index (χ3n) is 1.60. The van der Waals surface area contributed by atoms with Gasteiger partial charge in [0.25, 0.3) is 0 Å². The molecule has 0 aromatic carbocycles. The molecule has 1 aromatic heterocycles. The first-order chi connectivity index (χ1) is 5.43. The standard InChI is InChI=1S/C8H12BrNO2/c1-8(2,10)7(11)6-5(9)3-4-12-6/h3-4,7,11H,10H2,1-2H3. The number of halogens is 1. The molecule has 12 heavy (non-hydrogen) atoms. The van der Waals surface area contributed by atoms with Gasteiger partial charge in [-0.25, -0.2) is 0 Å². The first-order valence-corrected chi connectivity index (χ1v) is 4.42. The third-order valence-corrected chi connectivity index (χ3v) is 2.25. The van der Waals surface area contributed by atoms with Crippen LogP contribution in [0.4, 0.5) is 0 Å². The summed E-state index contributed by atoms with van der Waals surface area (Å²) in [6.07, 6.45) is 0.718. The molecule has 1 rings (SSSR count). The minimum Gasteiger partial charge on any atom is -0.465 e. The van der Waals surface area contributed by atoms with Crippen molar-refractivity contribution in [2.24, 2.45) is 5.73 Å². The Bertz CT molecular complexity index is 264. The molecule has 1 unspecified atom stereocenters. The molecular formula is C8H12BrNO2. The molecule has 0 amide bonds. The summed E-state index contributed by atoms with van der Waals surface area (Å²) in [5, 5.41) is 9.68. The van der Waals surface area contributed by atoms with Crippen molar-refractivity contribution in [3.63, 3.8) is 0 Å². The number of furan rings is 1. The highest BCUT2D eigenvalue weighted by Crippen LogP contribution is 2.30. The molecular weight excluding hydrogens is 222 g/mol. The van der Waals surface area contributed by atoms with E-state index in [1.54, 1.807) is 19.9 Å². The van der Waals surface area contributed by atoms with Crippen LogP contribution in [-0.2, 0) is 0 Å². The molecule has 0 fully saturated rings. The Balaban J connectivity index is 2.92. The van der Waals surface area contributed by atoms with Gasteiger partial charge in [-0.3, -0.25) is 0 Å². The van der Waals surface area contributed by atoms with Crippen LogP contribution in [0.3, 0.4) is 0 Å². The second kappa shape index (κ2) is 3.20. The van der Waals surface area contributed by atoms with Gasteiger partial charge in [-0.05, 0) is 35.8 Å². The van der Waals surface area contributed by atoms with Gasteiger partial charge in [0.1, 0.15) is 11.9 Å². The number of nitrogens with two attached hydrogens (primary N) is 1. The Morgan fingerprint density at radius 3 is 2.58 bits per heavy atom. The fourth-order valence-corrected chi connectivity index (χ4v) is 1.26. The predicted octanol–water partition coefficient (Wildman–Crippen LogP) is 1.81. The Kier molecular flexibility index (Phi) is 2.61. The molecule has 3 nitrogen and oxygen atoms in total. The van der Waals surface area contributed by atoms with Crippen molar-refractivity contribution >= 4 is 15.9 Å². The number of rotatable bonds is 2. The van der Waals surface area contributed by atoms with E-state index in [4.69, 9.17) is 10.2 Å². The molecule has 1 aromatic rings. The van der Waals surface area contributed by atoms with E-state index in [1.165, 1.54) is 6.26 Å². The van der Waals surface area contributed by atoms with Crippen LogP contribution >= 0.6 is 15.9 Å². The van der Waals surface area contributed by atoms with Gasteiger partial charge >= 0.3 is 0 Å². The molecule has 1 atom stereocenters. The molecule has 0 spiro atoms. The lowest BCUT2D eigenvalue weighted by Gasteiger charge is -2.24. The lowest BCUT2D eigenvalue weighted by atomic mass is 9.97. The van der Waals surface area contributed by atoms with E-state index in [0.29, 0.717) is 5.76 Å². The summed E-state index contributed by atoms with van der Waals surface area (Å²) in [6.45, 7) is 3.49. The molecule has 1 heterocycles. The Labute approximate surface area is 79.7 Å². The topological polar surface area (TPSA) is 59.4 Å². The van der Waals surface area contributed by atoms with Crippen molar-refractivity contribution in [3.05, 3.63) is 22.6 Å². The quantitative estimate of drug-likeness (QED) is 0.820. The van der Waals surface area contributed by atoms with Gasteiger partial charge < -0.3 is 15.3 Å². The lowest BCUT2D eigenvalue weighted by Crippen LogP contribution is -2.39. The summed E-state index contributed by atoms with van der Waals surface area (Å²) in [7, 11) is 0. The SMILES string of the molecule is CC(C)(N)C(O)c1occc1Br. The van der Waals surface area contributed by atoms with E-state index in [-0.39, 0.29) is 0 Å². The summed E-state index contributed by atoms with van der Waals surface area (Å²) in [6, 6.07) is 1.73. The normalized spacial score (nSPS) is 14.8. The van der Waals surface area contributed by atoms with Gasteiger partial charge in [-0.1, -0.05) is 0 Å². The maximum atomic E-state index is 9.68. The minimum atomic E-state index is -0.790. The van der Waals surface area contributed by atoms with Crippen LogP contribution in [0.25, 0.3) is 0 Å². The molecule has 0 saturated carbocycles. The Hall–Kier alpha value is -0.320. The molecule has 0 bridgehead atoms. The van der Waals surface area contributed by atoms with Gasteiger partial charge in [0.15, 0.2) is 0 Å². The van der Waals surface area contributed by atoms with E-state index in [0.717, 1.165) is 4.47 Å². The highest BCUT2D eigenvalue weighted by molar-refractivity contribution is 9.10. The maximum absolute atomic E-state index is 9.68. The van der Waals surface area contributed by atoms with Crippen LogP contribution in [0, 0.1) is 0 Å². The molecule has 68 valence electrons. The summed E-state index contributed by atoms with van der Waals surface area (Å²) in [5.41, 5.74) is 5.01. The third kappa shape index (κ3) is 1.88. The second-order valence-corrected chi connectivity index (χ2v) is 4.21. The molecule has 4 heteroatoms. The van der Waals surface area contributed by atoms with E-state index >= 15 is 0 Å². The van der Waals surface area contributed by atoms with Gasteiger partial charge in [-0.15, -0.1) is 0 Å². The Morgan fingerprint density at radius 2 is 2.25 bits per heavy atom. The van der Waals surface area contributed by atoms with Crippen LogP contribution in [0.5, 0.6) is 0 Å². The molecule has 0 aliphatic rings. The largest absolute Gasteiger partial charge is 0.465 e. The fraction of sp³-hybridized carbons (Fsp3) is 0.500. The average molecular weight is 234 g/mol. The lowest BCUT2D eigenvalue weighted by molar-refractivity contribution is 0.0817. The van der Waals surface area contributed by atoms with Crippen LogP contribution in [-0.4, -0.2) is 10.6 Å². The summed E-state index contributed by atoms with van der Waals surface area (Å²) >= 11 is 3.25. The molecule has 0 saturated heterocycles. The van der Waals surface area contributed by atoms with Gasteiger partial charge in [0.05, 0.1) is 10.7 Å². The predicted molar refractivity (Wildman–Crippen MR) is 49.6 cm³/mol. The van der Waals surface area contributed by atoms with Crippen molar-refractivity contribution in [2.45, 2.75) is 25.5 Å². The van der Waals surface area contributed by atoms with E-state index < -0.39 is 11.6 Å². The van der Waals surface area contributed by atoms with Crippen molar-refractivity contribution in [2.75, 3.05) is 0 Å². The maximum Gasteiger partial charge on any atom is 0.148 e. The van der Waals surface area contributed by atoms with Crippen LogP contribution in [0.1, 0.15) is 25.7 Å². The average Bonchev–Trinajstić information content (AvgIpc) is 2.31. The van der Waals surface area contributed by atoms with Crippen molar-refractivity contribution in [1.29, 1.82) is 0 Å². The molecule has 3 N–H and O–H groups in total. The van der Waals surface area contributed by atoms with E-state index in [9.17, 15) is 5.11 Å². The highest BCUT2D eigenvalue weighted by Gasteiger charge is 2.28. The fourth-order valence-electron chi connectivity index (χ4n) is 0.838. The van der Waals surface area contributed by atoms with Crippen molar-refractivity contribution in [1.82, 2.24) is 0 Å². The highest BCUT2D eigenvalue weighted by atomic mass is 79.9. The van der Waals surface area contributed by atoms with Crippen LogP contribution in [0.15, 0.2) is 21.2 Å². The smallest absolute Gasteiger partial charge is 0.148 e. The zero-order valence-corrected chi connectivity index (χ0v) is 8.63. The summed E-state index contributed by atoms with van der Waals surface area (Å²) in [5.74, 6) is 0.475. The minimum absolute atomic E-state index is 0.475. The summed E-state index contributed by atoms with van der Waals surface area (Å²) in [4.78, 5) is 0.